The first-order chi connectivity index (χ1) is 9.39. The minimum Gasteiger partial charge on any atom is -0.315 e. The molecule has 0 amide bonds. The molecule has 0 aromatic rings. The summed E-state index contributed by atoms with van der Waals surface area (Å²) in [6, 6.07) is 1.34. The third-order valence-corrected chi connectivity index (χ3v) is 6.08. The highest BCUT2D eigenvalue weighted by molar-refractivity contribution is 5.01. The number of hydrogen-bond acceptors (Lipinski definition) is 3. The van der Waals surface area contributed by atoms with Gasteiger partial charge in [0, 0.05) is 24.2 Å². The fourth-order valence-electron chi connectivity index (χ4n) is 4.77. The molecule has 0 spiro atoms. The molecule has 0 heterocycles. The molecule has 0 radical (unpaired) electrons. The van der Waals surface area contributed by atoms with Crippen molar-refractivity contribution in [2.75, 3.05) is 34.7 Å². The molecule has 0 bridgehead atoms. The van der Waals surface area contributed by atoms with Gasteiger partial charge in [0.2, 0.25) is 0 Å². The first-order valence-corrected chi connectivity index (χ1v) is 8.44. The van der Waals surface area contributed by atoms with Gasteiger partial charge in [-0.1, -0.05) is 13.8 Å². The second kappa shape index (κ2) is 6.33. The summed E-state index contributed by atoms with van der Waals surface area (Å²) in [7, 11) is 9.01. The minimum absolute atomic E-state index is 0.440. The van der Waals surface area contributed by atoms with Crippen molar-refractivity contribution in [1.29, 1.82) is 0 Å². The number of nitrogens with one attached hydrogen (secondary N) is 1. The van der Waals surface area contributed by atoms with Gasteiger partial charge < -0.3 is 10.2 Å². The van der Waals surface area contributed by atoms with Crippen LogP contribution in [0.2, 0.25) is 0 Å². The largest absolute Gasteiger partial charge is 0.315 e. The fourth-order valence-corrected chi connectivity index (χ4v) is 4.77. The average molecular weight is 281 g/mol. The zero-order valence-electron chi connectivity index (χ0n) is 14.4. The van der Waals surface area contributed by atoms with E-state index in [1.54, 1.807) is 0 Å². The van der Waals surface area contributed by atoms with Crippen LogP contribution in [0, 0.1) is 11.8 Å². The van der Waals surface area contributed by atoms with Gasteiger partial charge in [0.15, 0.2) is 0 Å². The van der Waals surface area contributed by atoms with Gasteiger partial charge in [-0.3, -0.25) is 4.90 Å². The van der Waals surface area contributed by atoms with Gasteiger partial charge >= 0.3 is 0 Å². The van der Waals surface area contributed by atoms with Crippen LogP contribution >= 0.6 is 0 Å². The molecule has 2 rings (SSSR count). The Morgan fingerprint density at radius 1 is 1.10 bits per heavy atom. The predicted molar refractivity (Wildman–Crippen MR) is 87.1 cm³/mol. The van der Waals surface area contributed by atoms with Gasteiger partial charge in [-0.2, -0.15) is 0 Å². The van der Waals surface area contributed by atoms with E-state index in [9.17, 15) is 0 Å². The van der Waals surface area contributed by atoms with Gasteiger partial charge in [0.1, 0.15) is 0 Å². The maximum Gasteiger partial charge on any atom is 0.0330 e. The molecule has 2 aliphatic carbocycles. The van der Waals surface area contributed by atoms with Crippen molar-refractivity contribution in [1.82, 2.24) is 15.1 Å². The minimum atomic E-state index is 0.440. The van der Waals surface area contributed by atoms with E-state index in [0.717, 1.165) is 11.8 Å². The van der Waals surface area contributed by atoms with Crippen LogP contribution in [0.15, 0.2) is 0 Å². The second-order valence-corrected chi connectivity index (χ2v) is 7.83. The van der Waals surface area contributed by atoms with E-state index < -0.39 is 0 Å². The fraction of sp³-hybridized carbons (Fsp3) is 1.00. The third-order valence-electron chi connectivity index (χ3n) is 6.08. The quantitative estimate of drug-likeness (QED) is 0.835. The van der Waals surface area contributed by atoms with E-state index in [-0.39, 0.29) is 0 Å². The lowest BCUT2D eigenvalue weighted by Crippen LogP contribution is -2.62. The van der Waals surface area contributed by atoms with Gasteiger partial charge in [-0.05, 0) is 72.1 Å². The molecule has 0 aliphatic heterocycles. The van der Waals surface area contributed by atoms with E-state index in [0.29, 0.717) is 17.6 Å². The Hall–Kier alpha value is -0.120. The number of hydrogen-bond donors (Lipinski definition) is 1. The normalized spacial score (nSPS) is 37.2. The van der Waals surface area contributed by atoms with Crippen LogP contribution < -0.4 is 5.32 Å². The maximum atomic E-state index is 3.59. The SMILES string of the molecule is CNC1CC(C)CC(C)C1N(C)CC1(N(C)C)CCC1. The Morgan fingerprint density at radius 2 is 1.75 bits per heavy atom. The van der Waals surface area contributed by atoms with Gasteiger partial charge in [0.25, 0.3) is 0 Å². The van der Waals surface area contributed by atoms with E-state index in [1.807, 2.05) is 0 Å². The zero-order valence-corrected chi connectivity index (χ0v) is 14.4. The van der Waals surface area contributed by atoms with Crippen LogP contribution in [-0.2, 0) is 0 Å². The Morgan fingerprint density at radius 3 is 2.20 bits per heavy atom. The molecule has 3 heteroatoms. The first-order valence-electron chi connectivity index (χ1n) is 8.44. The van der Waals surface area contributed by atoms with E-state index in [1.165, 1.54) is 38.6 Å². The summed E-state index contributed by atoms with van der Waals surface area (Å²) in [4.78, 5) is 5.13. The molecule has 1 N–H and O–H groups in total. The van der Waals surface area contributed by atoms with Crippen LogP contribution in [0.1, 0.15) is 46.0 Å². The lowest BCUT2D eigenvalue weighted by atomic mass is 9.72. The molecule has 20 heavy (non-hydrogen) atoms. The van der Waals surface area contributed by atoms with Crippen molar-refractivity contribution in [2.45, 2.75) is 63.6 Å². The van der Waals surface area contributed by atoms with Crippen LogP contribution in [0.3, 0.4) is 0 Å². The summed E-state index contributed by atoms with van der Waals surface area (Å²) < 4.78 is 0. The number of likely N-dealkylation sites (N-methyl/N-ethyl adjacent to an activating group) is 3. The standard InChI is InChI=1S/C17H35N3/c1-13-10-14(2)16(15(11-13)18-3)20(6)12-17(19(4)5)8-7-9-17/h13-16,18H,7-12H2,1-6H3. The Bertz CT molecular complexity index is 311. The lowest BCUT2D eigenvalue weighted by molar-refractivity contribution is -0.00921. The predicted octanol–water partition coefficient (Wildman–Crippen LogP) is 2.43. The van der Waals surface area contributed by atoms with Gasteiger partial charge in [0.05, 0.1) is 0 Å². The second-order valence-electron chi connectivity index (χ2n) is 7.83. The lowest BCUT2D eigenvalue weighted by Gasteiger charge is -2.53. The summed E-state index contributed by atoms with van der Waals surface area (Å²) >= 11 is 0. The smallest absolute Gasteiger partial charge is 0.0330 e. The Balaban J connectivity index is 2.04. The molecule has 2 fully saturated rings. The average Bonchev–Trinajstić information content (AvgIpc) is 2.31. The summed E-state index contributed by atoms with van der Waals surface area (Å²) in [6.45, 7) is 6.08. The zero-order chi connectivity index (χ0) is 14.9. The van der Waals surface area contributed by atoms with E-state index in [4.69, 9.17) is 0 Å². The van der Waals surface area contributed by atoms with Crippen molar-refractivity contribution in [3.05, 3.63) is 0 Å². The highest BCUT2D eigenvalue weighted by Crippen LogP contribution is 2.39. The van der Waals surface area contributed by atoms with Gasteiger partial charge in [-0.15, -0.1) is 0 Å². The van der Waals surface area contributed by atoms with Crippen molar-refractivity contribution in [2.24, 2.45) is 11.8 Å². The topological polar surface area (TPSA) is 18.5 Å². The first kappa shape index (κ1) is 16.3. The van der Waals surface area contributed by atoms with Crippen molar-refractivity contribution < 1.29 is 0 Å². The van der Waals surface area contributed by atoms with Gasteiger partial charge in [-0.25, -0.2) is 0 Å². The summed E-state index contributed by atoms with van der Waals surface area (Å²) in [5, 5.41) is 3.59. The highest BCUT2D eigenvalue weighted by Gasteiger charge is 2.43. The van der Waals surface area contributed by atoms with Crippen LogP contribution in [0.25, 0.3) is 0 Å². The summed E-state index contributed by atoms with van der Waals surface area (Å²) in [5.41, 5.74) is 0.440. The Labute approximate surface area is 126 Å². The molecule has 2 aliphatic rings. The maximum absolute atomic E-state index is 3.59. The molecular weight excluding hydrogens is 246 g/mol. The third kappa shape index (κ3) is 3.05. The monoisotopic (exact) mass is 281 g/mol. The molecule has 3 nitrogen and oxygen atoms in total. The highest BCUT2D eigenvalue weighted by atomic mass is 15.3. The summed E-state index contributed by atoms with van der Waals surface area (Å²) in [6.07, 6.45) is 6.84. The van der Waals surface area contributed by atoms with Crippen LogP contribution in [0.5, 0.6) is 0 Å². The molecule has 4 unspecified atom stereocenters. The number of rotatable bonds is 5. The van der Waals surface area contributed by atoms with E-state index in [2.05, 4.69) is 57.2 Å². The molecule has 118 valence electrons. The van der Waals surface area contributed by atoms with Crippen LogP contribution in [-0.4, -0.2) is 62.2 Å². The molecule has 0 aromatic carbocycles. The molecule has 2 saturated carbocycles. The van der Waals surface area contributed by atoms with Crippen LogP contribution in [0.4, 0.5) is 0 Å². The summed E-state index contributed by atoms with van der Waals surface area (Å²) in [5.74, 6) is 1.65. The molecule has 0 saturated heterocycles. The Kier molecular flexibility index (Phi) is 5.14. The van der Waals surface area contributed by atoms with Crippen molar-refractivity contribution in [3.63, 3.8) is 0 Å². The van der Waals surface area contributed by atoms with Crippen molar-refractivity contribution >= 4 is 0 Å². The molecule has 4 atom stereocenters. The molecule has 0 aromatic heterocycles. The van der Waals surface area contributed by atoms with Crippen molar-refractivity contribution in [3.8, 4) is 0 Å². The molecular formula is C17H35N3. The number of nitrogens with zero attached hydrogens (tertiary/aromatic N) is 2. The van der Waals surface area contributed by atoms with E-state index >= 15 is 0 Å².